The Balaban J connectivity index is 2.16. The van der Waals surface area contributed by atoms with Crippen molar-refractivity contribution in [2.24, 2.45) is 17.4 Å². The normalized spacial score (nSPS) is 18.5. The molecule has 70 valence electrons. The fraction of sp³-hybridized carbons (Fsp3) is 0.571. The second-order valence-electron chi connectivity index (χ2n) is 3.18. The number of nitrogens with zero attached hydrogens (tertiary/aromatic N) is 2. The largest absolute Gasteiger partial charge is 0.363 e. The SMILES string of the molecule is NC(=O)c1noc(C(N)C2CC2)n1. The molecule has 1 aliphatic carbocycles. The van der Waals surface area contributed by atoms with Crippen LogP contribution in [0.2, 0.25) is 0 Å². The minimum atomic E-state index is -0.696. The number of rotatable bonds is 3. The van der Waals surface area contributed by atoms with Crippen LogP contribution < -0.4 is 11.5 Å². The molecule has 1 fully saturated rings. The molecule has 0 saturated heterocycles. The molecule has 0 spiro atoms. The van der Waals surface area contributed by atoms with Crippen LogP contribution in [0.5, 0.6) is 0 Å². The average Bonchev–Trinajstić information content (AvgIpc) is 2.81. The van der Waals surface area contributed by atoms with Crippen LogP contribution in [0.3, 0.4) is 0 Å². The van der Waals surface area contributed by atoms with Gasteiger partial charge in [-0.3, -0.25) is 4.79 Å². The van der Waals surface area contributed by atoms with Crippen LogP contribution in [0.1, 0.15) is 35.4 Å². The summed E-state index contributed by atoms with van der Waals surface area (Å²) in [5.41, 5.74) is 10.7. The number of amides is 1. The Morgan fingerprint density at radius 2 is 2.31 bits per heavy atom. The van der Waals surface area contributed by atoms with Gasteiger partial charge in [-0.25, -0.2) is 0 Å². The molecule has 6 heteroatoms. The minimum absolute atomic E-state index is 0.105. The first-order valence-corrected chi connectivity index (χ1v) is 4.07. The number of carbonyl (C=O) groups excluding carboxylic acids is 1. The van der Waals surface area contributed by atoms with Crippen molar-refractivity contribution in [2.75, 3.05) is 0 Å². The number of primary amides is 1. The standard InChI is InChI=1S/C7H10N4O2/c8-4(3-1-2-3)7-10-6(5(9)12)11-13-7/h3-4H,1-2,8H2,(H2,9,12). The van der Waals surface area contributed by atoms with Crippen LogP contribution in [0.15, 0.2) is 4.52 Å². The van der Waals surface area contributed by atoms with E-state index >= 15 is 0 Å². The van der Waals surface area contributed by atoms with Gasteiger partial charge in [-0.15, -0.1) is 0 Å². The third kappa shape index (κ3) is 1.52. The predicted molar refractivity (Wildman–Crippen MR) is 42.5 cm³/mol. The Kier molecular flexibility index (Phi) is 1.77. The first kappa shape index (κ1) is 8.18. The van der Waals surface area contributed by atoms with Crippen LogP contribution in [-0.4, -0.2) is 16.0 Å². The van der Waals surface area contributed by atoms with Gasteiger partial charge in [0.1, 0.15) is 0 Å². The van der Waals surface area contributed by atoms with E-state index in [2.05, 4.69) is 10.1 Å². The summed E-state index contributed by atoms with van der Waals surface area (Å²) in [6.45, 7) is 0. The molecule has 0 aromatic carbocycles. The molecule has 1 amide bonds. The van der Waals surface area contributed by atoms with Gasteiger partial charge in [0.2, 0.25) is 5.89 Å². The van der Waals surface area contributed by atoms with Crippen molar-refractivity contribution in [3.63, 3.8) is 0 Å². The molecule has 13 heavy (non-hydrogen) atoms. The van der Waals surface area contributed by atoms with Gasteiger partial charge >= 0.3 is 0 Å². The summed E-state index contributed by atoms with van der Waals surface area (Å²) >= 11 is 0. The quantitative estimate of drug-likeness (QED) is 0.659. The lowest BCUT2D eigenvalue weighted by Gasteiger charge is -2.01. The van der Waals surface area contributed by atoms with E-state index in [4.69, 9.17) is 16.0 Å². The molecule has 1 atom stereocenters. The van der Waals surface area contributed by atoms with E-state index in [0.29, 0.717) is 11.8 Å². The maximum absolute atomic E-state index is 10.6. The van der Waals surface area contributed by atoms with Crippen molar-refractivity contribution >= 4 is 5.91 Å². The maximum atomic E-state index is 10.6. The van der Waals surface area contributed by atoms with Gasteiger partial charge in [0.05, 0.1) is 6.04 Å². The lowest BCUT2D eigenvalue weighted by molar-refractivity contribution is 0.0987. The van der Waals surface area contributed by atoms with Gasteiger partial charge in [-0.05, 0) is 18.8 Å². The molecule has 1 aliphatic rings. The molecule has 1 saturated carbocycles. The van der Waals surface area contributed by atoms with Crippen LogP contribution in [0.25, 0.3) is 0 Å². The Morgan fingerprint density at radius 3 is 2.77 bits per heavy atom. The van der Waals surface area contributed by atoms with Crippen molar-refractivity contribution < 1.29 is 9.32 Å². The molecule has 0 radical (unpaired) electrons. The number of carbonyl (C=O) groups is 1. The highest BCUT2D eigenvalue weighted by atomic mass is 16.5. The summed E-state index contributed by atoms with van der Waals surface area (Å²) in [7, 11) is 0. The van der Waals surface area contributed by atoms with Crippen LogP contribution in [0.4, 0.5) is 0 Å². The van der Waals surface area contributed by atoms with E-state index in [9.17, 15) is 4.79 Å². The van der Waals surface area contributed by atoms with Crippen LogP contribution in [0, 0.1) is 5.92 Å². The fourth-order valence-electron chi connectivity index (χ4n) is 1.13. The molecule has 2 rings (SSSR count). The monoisotopic (exact) mass is 182 g/mol. The van der Waals surface area contributed by atoms with E-state index in [-0.39, 0.29) is 11.9 Å². The zero-order chi connectivity index (χ0) is 9.42. The van der Waals surface area contributed by atoms with E-state index in [1.807, 2.05) is 0 Å². The van der Waals surface area contributed by atoms with E-state index in [0.717, 1.165) is 12.8 Å². The molecule has 0 bridgehead atoms. The number of nitrogens with two attached hydrogens (primary N) is 2. The number of aromatic nitrogens is 2. The Hall–Kier alpha value is -1.43. The summed E-state index contributed by atoms with van der Waals surface area (Å²) in [5, 5.41) is 3.41. The van der Waals surface area contributed by atoms with Gasteiger partial charge in [-0.2, -0.15) is 4.98 Å². The first-order valence-electron chi connectivity index (χ1n) is 4.07. The van der Waals surface area contributed by atoms with E-state index in [1.165, 1.54) is 0 Å². The molecular weight excluding hydrogens is 172 g/mol. The molecule has 6 nitrogen and oxygen atoms in total. The first-order chi connectivity index (χ1) is 6.18. The van der Waals surface area contributed by atoms with Crippen molar-refractivity contribution in [2.45, 2.75) is 18.9 Å². The highest BCUT2D eigenvalue weighted by Crippen LogP contribution is 2.38. The minimum Gasteiger partial charge on any atom is -0.363 e. The molecule has 1 aromatic heterocycles. The zero-order valence-corrected chi connectivity index (χ0v) is 6.93. The highest BCUT2D eigenvalue weighted by Gasteiger charge is 2.33. The predicted octanol–water partition coefficient (Wildman–Crippen LogP) is -0.422. The Labute approximate surface area is 74.3 Å². The number of hydrogen-bond donors (Lipinski definition) is 2. The highest BCUT2D eigenvalue weighted by molar-refractivity contribution is 5.88. The van der Waals surface area contributed by atoms with Crippen molar-refractivity contribution in [1.82, 2.24) is 10.1 Å². The third-order valence-corrected chi connectivity index (χ3v) is 2.08. The van der Waals surface area contributed by atoms with Crippen LogP contribution in [-0.2, 0) is 0 Å². The summed E-state index contributed by atoms with van der Waals surface area (Å²) in [5.74, 6) is -0.0819. The molecule has 1 heterocycles. The fourth-order valence-corrected chi connectivity index (χ4v) is 1.13. The summed E-state index contributed by atoms with van der Waals surface area (Å²) in [6.07, 6.45) is 2.16. The second-order valence-corrected chi connectivity index (χ2v) is 3.18. The van der Waals surface area contributed by atoms with Gasteiger partial charge < -0.3 is 16.0 Å². The van der Waals surface area contributed by atoms with E-state index in [1.54, 1.807) is 0 Å². The van der Waals surface area contributed by atoms with Crippen molar-refractivity contribution in [3.8, 4) is 0 Å². The lowest BCUT2D eigenvalue weighted by Crippen LogP contribution is -2.15. The summed E-state index contributed by atoms with van der Waals surface area (Å²) in [6, 6.07) is -0.249. The van der Waals surface area contributed by atoms with Crippen LogP contribution >= 0.6 is 0 Å². The second kappa shape index (κ2) is 2.81. The topological polar surface area (TPSA) is 108 Å². The Bertz CT molecular complexity index is 331. The number of hydrogen-bond acceptors (Lipinski definition) is 5. The van der Waals surface area contributed by atoms with E-state index < -0.39 is 5.91 Å². The molecule has 4 N–H and O–H groups in total. The maximum Gasteiger partial charge on any atom is 0.290 e. The third-order valence-electron chi connectivity index (χ3n) is 2.08. The summed E-state index contributed by atoms with van der Waals surface area (Å²) < 4.78 is 4.80. The van der Waals surface area contributed by atoms with Gasteiger partial charge in [-0.1, -0.05) is 5.16 Å². The molecule has 1 aromatic rings. The molecule has 1 unspecified atom stereocenters. The molecular formula is C7H10N4O2. The Morgan fingerprint density at radius 1 is 1.62 bits per heavy atom. The van der Waals surface area contributed by atoms with Crippen molar-refractivity contribution in [1.29, 1.82) is 0 Å². The summed E-state index contributed by atoms with van der Waals surface area (Å²) in [4.78, 5) is 14.4. The lowest BCUT2D eigenvalue weighted by atomic mass is 10.2. The smallest absolute Gasteiger partial charge is 0.290 e. The van der Waals surface area contributed by atoms with Gasteiger partial charge in [0.15, 0.2) is 0 Å². The zero-order valence-electron chi connectivity index (χ0n) is 6.93. The molecule has 0 aliphatic heterocycles. The van der Waals surface area contributed by atoms with Crippen molar-refractivity contribution in [3.05, 3.63) is 11.7 Å². The van der Waals surface area contributed by atoms with Gasteiger partial charge in [0.25, 0.3) is 11.7 Å². The average molecular weight is 182 g/mol. The van der Waals surface area contributed by atoms with Gasteiger partial charge in [0, 0.05) is 0 Å².